The van der Waals surface area contributed by atoms with E-state index in [1.54, 1.807) is 0 Å². The first-order valence-electron chi connectivity index (χ1n) is 18.4. The molecule has 246 valence electrons. The highest BCUT2D eigenvalue weighted by atomic mass is 16.5. The maximum atomic E-state index is 11.8. The van der Waals surface area contributed by atoms with E-state index in [2.05, 4.69) is 13.8 Å². The van der Waals surface area contributed by atoms with Gasteiger partial charge in [0.1, 0.15) is 0 Å². The van der Waals surface area contributed by atoms with Crippen molar-refractivity contribution in [2.45, 2.75) is 206 Å². The van der Waals surface area contributed by atoms with Gasteiger partial charge in [-0.2, -0.15) is 0 Å². The molecule has 0 aliphatic heterocycles. The number of rotatable bonds is 33. The molecule has 0 heterocycles. The first-order valence-corrected chi connectivity index (χ1v) is 18.4. The van der Waals surface area contributed by atoms with Gasteiger partial charge in [-0.1, -0.05) is 155 Å². The molecule has 0 spiro atoms. The number of ether oxygens (including phenoxy) is 2. The van der Waals surface area contributed by atoms with Gasteiger partial charge in [0.15, 0.2) is 0 Å². The van der Waals surface area contributed by atoms with E-state index >= 15 is 0 Å². The summed E-state index contributed by atoms with van der Waals surface area (Å²) in [5, 5.41) is 0. The van der Waals surface area contributed by atoms with Crippen LogP contribution < -0.4 is 0 Å². The molecule has 0 saturated carbocycles. The highest BCUT2D eigenvalue weighted by Crippen LogP contribution is 2.14. The highest BCUT2D eigenvalue weighted by Gasteiger charge is 2.04. The lowest BCUT2D eigenvalue weighted by atomic mass is 10.0. The minimum Gasteiger partial charge on any atom is -0.435 e. The molecule has 0 N–H and O–H groups in total. The fourth-order valence-corrected chi connectivity index (χ4v) is 5.25. The monoisotopic (exact) mass is 591 g/mol. The highest BCUT2D eigenvalue weighted by molar-refractivity contribution is 5.71. The second kappa shape index (κ2) is 35.6. The quantitative estimate of drug-likeness (QED) is 0.0433. The van der Waals surface area contributed by atoms with Gasteiger partial charge in [-0.05, 0) is 50.7 Å². The van der Waals surface area contributed by atoms with Crippen LogP contribution in [0.4, 0.5) is 0 Å². The van der Waals surface area contributed by atoms with Gasteiger partial charge in [0.25, 0.3) is 0 Å². The van der Waals surface area contributed by atoms with Crippen LogP contribution in [-0.4, -0.2) is 11.9 Å². The standard InChI is InChI=1S/C38H70O4/c1-3-5-7-9-11-13-15-17-19-21-23-25-27-31-35-41-37(39)33-29-30-34-38(40)42-36-32-28-26-24-22-20-18-16-14-12-10-8-6-4-2/h31-32,35-36H,3-30,33-34H2,1-2H3/b35-31+,36-32+. The predicted octanol–water partition coefficient (Wildman–Crippen LogP) is 12.8. The second-order valence-corrected chi connectivity index (χ2v) is 12.3. The number of unbranched alkanes of at least 4 members (excludes halogenated alkanes) is 25. The fourth-order valence-electron chi connectivity index (χ4n) is 5.25. The number of hydrogen-bond donors (Lipinski definition) is 0. The van der Waals surface area contributed by atoms with E-state index in [1.165, 1.54) is 154 Å². The average molecular weight is 591 g/mol. The van der Waals surface area contributed by atoms with Gasteiger partial charge in [0, 0.05) is 12.8 Å². The van der Waals surface area contributed by atoms with Crippen LogP contribution in [0.25, 0.3) is 0 Å². The van der Waals surface area contributed by atoms with Crippen LogP contribution in [-0.2, 0) is 19.1 Å². The smallest absolute Gasteiger partial charge is 0.310 e. The normalized spacial score (nSPS) is 11.6. The van der Waals surface area contributed by atoms with Crippen molar-refractivity contribution in [2.24, 2.45) is 0 Å². The SMILES string of the molecule is CCCCCCCCCCCCCC/C=C/OC(=O)CCCCC(=O)O/C=C/CCCCCCCCCCCCCC. The summed E-state index contributed by atoms with van der Waals surface area (Å²) in [6, 6.07) is 0. The molecule has 0 bridgehead atoms. The molecule has 0 fully saturated rings. The second-order valence-electron chi connectivity index (χ2n) is 12.3. The molecule has 0 saturated heterocycles. The van der Waals surface area contributed by atoms with E-state index in [0.717, 1.165) is 25.7 Å². The average Bonchev–Trinajstić information content (AvgIpc) is 2.99. The molecule has 0 atom stereocenters. The van der Waals surface area contributed by atoms with Crippen LogP contribution in [0, 0.1) is 0 Å². The molecule has 0 aromatic rings. The van der Waals surface area contributed by atoms with Gasteiger partial charge in [-0.15, -0.1) is 0 Å². The van der Waals surface area contributed by atoms with E-state index in [1.807, 2.05) is 12.2 Å². The number of esters is 2. The van der Waals surface area contributed by atoms with E-state index in [4.69, 9.17) is 9.47 Å². The third kappa shape index (κ3) is 34.6. The largest absolute Gasteiger partial charge is 0.435 e. The topological polar surface area (TPSA) is 52.6 Å². The van der Waals surface area contributed by atoms with E-state index in [0.29, 0.717) is 25.7 Å². The Kier molecular flexibility index (Phi) is 34.3. The summed E-state index contributed by atoms with van der Waals surface area (Å²) in [5.41, 5.74) is 0. The van der Waals surface area contributed by atoms with Crippen molar-refractivity contribution < 1.29 is 19.1 Å². The minimum absolute atomic E-state index is 0.225. The molecule has 0 aliphatic carbocycles. The van der Waals surface area contributed by atoms with Crippen molar-refractivity contribution in [3.05, 3.63) is 24.7 Å². The Labute approximate surface area is 261 Å². The minimum atomic E-state index is -0.225. The number of allylic oxidation sites excluding steroid dienone is 2. The number of carbonyl (C=O) groups is 2. The Morgan fingerprint density at radius 3 is 0.929 bits per heavy atom. The van der Waals surface area contributed by atoms with Crippen LogP contribution in [0.1, 0.15) is 206 Å². The van der Waals surface area contributed by atoms with Crippen LogP contribution in [0.15, 0.2) is 24.7 Å². The first-order chi connectivity index (χ1) is 20.7. The summed E-state index contributed by atoms with van der Waals surface area (Å²) >= 11 is 0. The molecule has 0 radical (unpaired) electrons. The van der Waals surface area contributed by atoms with Crippen molar-refractivity contribution in [1.82, 2.24) is 0 Å². The van der Waals surface area contributed by atoms with Gasteiger partial charge in [0.05, 0.1) is 12.5 Å². The van der Waals surface area contributed by atoms with E-state index in [9.17, 15) is 9.59 Å². The van der Waals surface area contributed by atoms with Gasteiger partial charge >= 0.3 is 11.9 Å². The molecule has 0 rings (SSSR count). The molecule has 0 aromatic heterocycles. The van der Waals surface area contributed by atoms with Crippen molar-refractivity contribution in [3.63, 3.8) is 0 Å². The lowest BCUT2D eigenvalue weighted by Crippen LogP contribution is -2.02. The zero-order valence-corrected chi connectivity index (χ0v) is 28.2. The Balaban J connectivity index is 3.38. The van der Waals surface area contributed by atoms with Crippen molar-refractivity contribution in [1.29, 1.82) is 0 Å². The fraction of sp³-hybridized carbons (Fsp3) is 0.842. The lowest BCUT2D eigenvalue weighted by molar-refractivity contribution is -0.140. The molecular formula is C38H70O4. The van der Waals surface area contributed by atoms with Crippen molar-refractivity contribution >= 4 is 11.9 Å². The maximum Gasteiger partial charge on any atom is 0.310 e. The molecule has 0 aromatic carbocycles. The van der Waals surface area contributed by atoms with Gasteiger partial charge in [-0.25, -0.2) is 0 Å². The summed E-state index contributed by atoms with van der Waals surface area (Å²) in [6.07, 6.45) is 43.2. The maximum absolute atomic E-state index is 11.8. The van der Waals surface area contributed by atoms with Crippen molar-refractivity contribution in [3.8, 4) is 0 Å². The number of carbonyl (C=O) groups excluding carboxylic acids is 2. The van der Waals surface area contributed by atoms with Gasteiger partial charge < -0.3 is 9.47 Å². The molecule has 42 heavy (non-hydrogen) atoms. The van der Waals surface area contributed by atoms with Crippen LogP contribution in [0.5, 0.6) is 0 Å². The molecule has 0 aliphatic rings. The van der Waals surface area contributed by atoms with Gasteiger partial charge in [-0.3, -0.25) is 9.59 Å². The third-order valence-corrected chi connectivity index (χ3v) is 8.05. The van der Waals surface area contributed by atoms with E-state index in [-0.39, 0.29) is 11.9 Å². The molecule has 4 heteroatoms. The Morgan fingerprint density at radius 1 is 0.381 bits per heavy atom. The van der Waals surface area contributed by atoms with Gasteiger partial charge in [0.2, 0.25) is 0 Å². The Morgan fingerprint density at radius 2 is 0.643 bits per heavy atom. The third-order valence-electron chi connectivity index (χ3n) is 8.05. The zero-order valence-electron chi connectivity index (χ0n) is 28.2. The Bertz CT molecular complexity index is 571. The molecular weight excluding hydrogens is 520 g/mol. The summed E-state index contributed by atoms with van der Waals surface area (Å²) in [6.45, 7) is 4.54. The molecule has 0 unspecified atom stereocenters. The molecule has 0 amide bonds. The summed E-state index contributed by atoms with van der Waals surface area (Å²) in [4.78, 5) is 23.7. The predicted molar refractivity (Wildman–Crippen MR) is 180 cm³/mol. The Hall–Kier alpha value is -1.58. The van der Waals surface area contributed by atoms with Crippen LogP contribution in [0.3, 0.4) is 0 Å². The first kappa shape index (κ1) is 40.4. The summed E-state index contributed by atoms with van der Waals surface area (Å²) < 4.78 is 10.3. The lowest BCUT2D eigenvalue weighted by Gasteiger charge is -2.02. The molecule has 4 nitrogen and oxygen atoms in total. The van der Waals surface area contributed by atoms with Crippen LogP contribution >= 0.6 is 0 Å². The zero-order chi connectivity index (χ0) is 30.6. The number of hydrogen-bond acceptors (Lipinski definition) is 4. The van der Waals surface area contributed by atoms with E-state index < -0.39 is 0 Å². The summed E-state index contributed by atoms with van der Waals surface area (Å²) in [5.74, 6) is -0.451. The van der Waals surface area contributed by atoms with Crippen LogP contribution in [0.2, 0.25) is 0 Å². The summed E-state index contributed by atoms with van der Waals surface area (Å²) in [7, 11) is 0. The van der Waals surface area contributed by atoms with Crippen molar-refractivity contribution in [2.75, 3.05) is 0 Å².